The van der Waals surface area contributed by atoms with Crippen molar-refractivity contribution in [3.05, 3.63) is 28.2 Å². The minimum atomic E-state index is 0.0581. The fourth-order valence-electron chi connectivity index (χ4n) is 1.48. The number of Topliss-reactive ketones (excluding diaryl/α,β-unsaturated/α-hetero) is 1. The Balaban J connectivity index is 2.17. The summed E-state index contributed by atoms with van der Waals surface area (Å²) in [6, 6.07) is 0. The van der Waals surface area contributed by atoms with E-state index in [1.165, 1.54) is 17.7 Å². The van der Waals surface area contributed by atoms with Crippen molar-refractivity contribution < 1.29 is 4.79 Å². The van der Waals surface area contributed by atoms with E-state index in [-0.39, 0.29) is 12.2 Å². The Bertz CT molecular complexity index is 502. The van der Waals surface area contributed by atoms with Crippen LogP contribution in [0.15, 0.2) is 11.8 Å². The van der Waals surface area contributed by atoms with E-state index in [1.807, 2.05) is 13.8 Å². The first-order valence-electron chi connectivity index (χ1n) is 5.02. The highest BCUT2D eigenvalue weighted by Crippen LogP contribution is 2.14. The van der Waals surface area contributed by atoms with Crippen molar-refractivity contribution in [2.24, 2.45) is 0 Å². The second kappa shape index (κ2) is 4.52. The van der Waals surface area contributed by atoms with E-state index in [1.54, 1.807) is 10.2 Å². The van der Waals surface area contributed by atoms with Gasteiger partial charge in [-0.2, -0.15) is 5.10 Å². The molecular formula is C10H12N4OS. The molecule has 2 heterocycles. The van der Waals surface area contributed by atoms with Crippen LogP contribution in [0.25, 0.3) is 0 Å². The van der Waals surface area contributed by atoms with Gasteiger partial charge in [-0.25, -0.2) is 14.6 Å². The molecule has 0 fully saturated rings. The van der Waals surface area contributed by atoms with E-state index in [0.29, 0.717) is 10.7 Å². The first-order chi connectivity index (χ1) is 7.72. The third kappa shape index (κ3) is 2.01. The van der Waals surface area contributed by atoms with Crippen LogP contribution in [0, 0.1) is 6.92 Å². The van der Waals surface area contributed by atoms with Gasteiger partial charge >= 0.3 is 0 Å². The third-order valence-electron chi connectivity index (χ3n) is 2.31. The highest BCUT2D eigenvalue weighted by atomic mass is 32.1. The molecule has 0 bridgehead atoms. The summed E-state index contributed by atoms with van der Waals surface area (Å²) in [6.45, 7) is 4.54. The molecule has 0 atom stereocenters. The lowest BCUT2D eigenvalue weighted by Gasteiger charge is -2.01. The largest absolute Gasteiger partial charge is 0.293 e. The number of aryl methyl sites for hydroxylation is 2. The second-order valence-corrected chi connectivity index (χ2v) is 4.21. The van der Waals surface area contributed by atoms with Crippen molar-refractivity contribution in [3.8, 4) is 0 Å². The summed E-state index contributed by atoms with van der Waals surface area (Å²) in [4.78, 5) is 20.8. The molecule has 2 aromatic heterocycles. The zero-order chi connectivity index (χ0) is 11.5. The lowest BCUT2D eigenvalue weighted by atomic mass is 10.2. The molecule has 2 aromatic rings. The van der Waals surface area contributed by atoms with Gasteiger partial charge in [-0.15, -0.1) is 11.3 Å². The highest BCUT2D eigenvalue weighted by molar-refractivity contribution is 7.11. The number of rotatable bonds is 4. The Morgan fingerprint density at radius 2 is 2.31 bits per heavy atom. The predicted molar refractivity (Wildman–Crippen MR) is 60.6 cm³/mol. The molecule has 0 amide bonds. The Kier molecular flexibility index (Phi) is 3.09. The van der Waals surface area contributed by atoms with Crippen molar-refractivity contribution >= 4 is 17.1 Å². The normalized spacial score (nSPS) is 10.6. The molecule has 5 nitrogen and oxygen atoms in total. The monoisotopic (exact) mass is 236 g/mol. The number of carbonyl (C=O) groups is 1. The molecule has 0 radical (unpaired) electrons. The molecule has 0 aliphatic heterocycles. The fraction of sp³-hybridized carbons (Fsp3) is 0.400. The van der Waals surface area contributed by atoms with Gasteiger partial charge in [0.2, 0.25) is 0 Å². The summed E-state index contributed by atoms with van der Waals surface area (Å²) in [7, 11) is 0. The Morgan fingerprint density at radius 1 is 1.50 bits per heavy atom. The van der Waals surface area contributed by atoms with Crippen molar-refractivity contribution in [3.63, 3.8) is 0 Å². The molecule has 84 valence electrons. The summed E-state index contributed by atoms with van der Waals surface area (Å²) in [6.07, 6.45) is 1.77. The van der Waals surface area contributed by atoms with Crippen LogP contribution >= 0.6 is 11.3 Å². The molecule has 0 aromatic carbocycles. The van der Waals surface area contributed by atoms with Gasteiger partial charge in [0, 0.05) is 6.54 Å². The standard InChI is InChI=1S/C10H12N4OS/c1-3-14-9(11-5-13-14)4-8(15)10-7(2)12-6-16-10/h5-6H,3-4H2,1-2H3. The van der Waals surface area contributed by atoms with E-state index < -0.39 is 0 Å². The molecule has 0 unspecified atom stereocenters. The van der Waals surface area contributed by atoms with Gasteiger partial charge in [-0.1, -0.05) is 0 Å². The first-order valence-corrected chi connectivity index (χ1v) is 5.90. The number of carbonyl (C=O) groups excluding carboxylic acids is 1. The molecule has 2 rings (SSSR count). The van der Waals surface area contributed by atoms with E-state index in [2.05, 4.69) is 15.1 Å². The van der Waals surface area contributed by atoms with Crippen LogP contribution in [0.5, 0.6) is 0 Å². The van der Waals surface area contributed by atoms with Gasteiger partial charge < -0.3 is 0 Å². The molecule has 0 aliphatic rings. The lowest BCUT2D eigenvalue weighted by molar-refractivity contribution is 0.0992. The molecule has 0 N–H and O–H groups in total. The topological polar surface area (TPSA) is 60.7 Å². The molecule has 0 spiro atoms. The molecule has 0 saturated heterocycles. The number of aromatic nitrogens is 4. The number of hydrogen-bond acceptors (Lipinski definition) is 5. The number of ketones is 1. The van der Waals surface area contributed by atoms with E-state index in [0.717, 1.165) is 12.2 Å². The molecule has 16 heavy (non-hydrogen) atoms. The maximum absolute atomic E-state index is 12.0. The van der Waals surface area contributed by atoms with Gasteiger partial charge in [0.15, 0.2) is 5.78 Å². The summed E-state index contributed by atoms with van der Waals surface area (Å²) >= 11 is 1.37. The molecule has 0 saturated carbocycles. The molecular weight excluding hydrogens is 224 g/mol. The van der Waals surface area contributed by atoms with Gasteiger partial charge in [0.25, 0.3) is 0 Å². The van der Waals surface area contributed by atoms with Crippen molar-refractivity contribution in [2.45, 2.75) is 26.8 Å². The van der Waals surface area contributed by atoms with Crippen LogP contribution in [0.4, 0.5) is 0 Å². The first kappa shape index (κ1) is 10.9. The lowest BCUT2D eigenvalue weighted by Crippen LogP contribution is -2.10. The molecule has 0 aliphatic carbocycles. The highest BCUT2D eigenvalue weighted by Gasteiger charge is 2.15. The number of nitrogens with zero attached hydrogens (tertiary/aromatic N) is 4. The van der Waals surface area contributed by atoms with Crippen molar-refractivity contribution in [1.82, 2.24) is 19.7 Å². The molecule has 6 heteroatoms. The number of thiazole rings is 1. The summed E-state index contributed by atoms with van der Waals surface area (Å²) in [5, 5.41) is 4.03. The van der Waals surface area contributed by atoms with Gasteiger partial charge in [0.1, 0.15) is 12.2 Å². The maximum Gasteiger partial charge on any atom is 0.182 e. The van der Waals surface area contributed by atoms with Crippen molar-refractivity contribution in [2.75, 3.05) is 0 Å². The average Bonchev–Trinajstić information content (AvgIpc) is 2.86. The summed E-state index contributed by atoms with van der Waals surface area (Å²) < 4.78 is 1.73. The quantitative estimate of drug-likeness (QED) is 0.754. The zero-order valence-corrected chi connectivity index (χ0v) is 9.99. The third-order valence-corrected chi connectivity index (χ3v) is 3.28. The summed E-state index contributed by atoms with van der Waals surface area (Å²) in [5.41, 5.74) is 2.48. The van der Waals surface area contributed by atoms with Gasteiger partial charge in [-0.3, -0.25) is 4.79 Å². The smallest absolute Gasteiger partial charge is 0.182 e. The van der Waals surface area contributed by atoms with Crippen LogP contribution in [0.3, 0.4) is 0 Å². The summed E-state index contributed by atoms with van der Waals surface area (Å²) in [5.74, 6) is 0.767. The van der Waals surface area contributed by atoms with E-state index >= 15 is 0 Å². The minimum Gasteiger partial charge on any atom is -0.293 e. The Hall–Kier alpha value is -1.56. The predicted octanol–water partition coefficient (Wildman–Crippen LogP) is 1.49. The van der Waals surface area contributed by atoms with Crippen LogP contribution in [-0.2, 0) is 13.0 Å². The Labute approximate surface area is 97.2 Å². The van der Waals surface area contributed by atoms with Crippen LogP contribution in [0.1, 0.15) is 28.1 Å². The fourth-order valence-corrected chi connectivity index (χ4v) is 2.23. The minimum absolute atomic E-state index is 0.0581. The van der Waals surface area contributed by atoms with Crippen LogP contribution < -0.4 is 0 Å². The van der Waals surface area contributed by atoms with Gasteiger partial charge in [0.05, 0.1) is 22.5 Å². The van der Waals surface area contributed by atoms with E-state index in [9.17, 15) is 4.79 Å². The van der Waals surface area contributed by atoms with Crippen LogP contribution in [0.2, 0.25) is 0 Å². The Morgan fingerprint density at radius 3 is 2.94 bits per heavy atom. The zero-order valence-electron chi connectivity index (χ0n) is 9.17. The van der Waals surface area contributed by atoms with Crippen molar-refractivity contribution in [1.29, 1.82) is 0 Å². The second-order valence-electron chi connectivity index (χ2n) is 3.36. The van der Waals surface area contributed by atoms with Crippen LogP contribution in [-0.4, -0.2) is 25.5 Å². The average molecular weight is 236 g/mol. The number of hydrogen-bond donors (Lipinski definition) is 0. The van der Waals surface area contributed by atoms with Gasteiger partial charge in [-0.05, 0) is 13.8 Å². The maximum atomic E-state index is 12.0. The van der Waals surface area contributed by atoms with E-state index in [4.69, 9.17) is 0 Å². The SMILES string of the molecule is CCn1ncnc1CC(=O)c1scnc1C.